The maximum Gasteiger partial charge on any atom is 0.417 e. The van der Waals surface area contributed by atoms with Crippen LogP contribution in [0.1, 0.15) is 31.2 Å². The maximum atomic E-state index is 12.7. The van der Waals surface area contributed by atoms with Gasteiger partial charge in [-0.2, -0.15) is 13.2 Å². The van der Waals surface area contributed by atoms with Gasteiger partial charge in [0.05, 0.1) is 0 Å². The molecule has 122 valence electrons. The van der Waals surface area contributed by atoms with Crippen LogP contribution in [-0.4, -0.2) is 29.0 Å². The molecule has 22 heavy (non-hydrogen) atoms. The number of carbonyl (C=O) groups is 1. The highest BCUT2D eigenvalue weighted by Gasteiger charge is 2.54. The Labute approximate surface area is 126 Å². The van der Waals surface area contributed by atoms with Crippen LogP contribution in [0.25, 0.3) is 0 Å². The summed E-state index contributed by atoms with van der Waals surface area (Å²) >= 11 is 0. The highest BCUT2D eigenvalue weighted by molar-refractivity contribution is 5.67. The van der Waals surface area contributed by atoms with Crippen molar-refractivity contribution in [2.24, 2.45) is 0 Å². The van der Waals surface area contributed by atoms with Crippen molar-refractivity contribution in [1.29, 1.82) is 0 Å². The van der Waals surface area contributed by atoms with Crippen molar-refractivity contribution in [2.45, 2.75) is 50.1 Å². The van der Waals surface area contributed by atoms with Crippen molar-refractivity contribution < 1.29 is 27.8 Å². The zero-order chi connectivity index (χ0) is 16.2. The molecule has 2 rings (SSSR count). The van der Waals surface area contributed by atoms with E-state index in [0.717, 1.165) is 5.56 Å². The Morgan fingerprint density at radius 1 is 1.27 bits per heavy atom. The van der Waals surface area contributed by atoms with Crippen LogP contribution in [0.15, 0.2) is 30.3 Å². The van der Waals surface area contributed by atoms with Gasteiger partial charge in [0.1, 0.15) is 6.61 Å². The molecule has 1 aliphatic carbocycles. The molecule has 0 radical (unpaired) electrons. The summed E-state index contributed by atoms with van der Waals surface area (Å²) < 4.78 is 43.0. The summed E-state index contributed by atoms with van der Waals surface area (Å²) in [6.07, 6.45) is -6.00. The highest BCUT2D eigenvalue weighted by Crippen LogP contribution is 2.41. The van der Waals surface area contributed by atoms with Crippen molar-refractivity contribution >= 4 is 6.09 Å². The SMILES string of the molecule is O=C(NC1CCC(O)(C(F)(F)F)CC1)OCc1ccccc1. The fourth-order valence-electron chi connectivity index (χ4n) is 2.45. The van der Waals surface area contributed by atoms with Gasteiger partial charge in [0, 0.05) is 6.04 Å². The lowest BCUT2D eigenvalue weighted by Gasteiger charge is -2.37. The molecular weight excluding hydrogens is 299 g/mol. The van der Waals surface area contributed by atoms with Crippen molar-refractivity contribution in [3.05, 3.63) is 35.9 Å². The monoisotopic (exact) mass is 317 g/mol. The number of aliphatic hydroxyl groups is 1. The van der Waals surface area contributed by atoms with Crippen molar-refractivity contribution in [1.82, 2.24) is 5.32 Å². The minimum atomic E-state index is -4.63. The first kappa shape index (κ1) is 16.6. The molecule has 0 aliphatic heterocycles. The van der Waals surface area contributed by atoms with E-state index in [0.29, 0.717) is 0 Å². The first-order chi connectivity index (χ1) is 10.3. The number of alkyl carbamates (subject to hydrolysis) is 1. The molecule has 7 heteroatoms. The Morgan fingerprint density at radius 2 is 1.86 bits per heavy atom. The molecule has 4 nitrogen and oxygen atoms in total. The van der Waals surface area contributed by atoms with Gasteiger partial charge in [0.15, 0.2) is 5.60 Å². The maximum absolute atomic E-state index is 12.7. The van der Waals surface area contributed by atoms with Crippen LogP contribution < -0.4 is 5.32 Å². The average molecular weight is 317 g/mol. The van der Waals surface area contributed by atoms with Gasteiger partial charge in [0.2, 0.25) is 0 Å². The predicted molar refractivity (Wildman–Crippen MR) is 73.0 cm³/mol. The van der Waals surface area contributed by atoms with Gasteiger partial charge in [-0.25, -0.2) is 4.79 Å². The fraction of sp³-hybridized carbons (Fsp3) is 0.533. The summed E-state index contributed by atoms with van der Waals surface area (Å²) in [5.74, 6) is 0. The minimum Gasteiger partial charge on any atom is -0.445 e. The molecule has 1 aromatic rings. The number of amides is 1. The molecule has 1 aromatic carbocycles. The second-order valence-corrected chi connectivity index (χ2v) is 5.51. The van der Waals surface area contributed by atoms with Crippen LogP contribution in [0.3, 0.4) is 0 Å². The summed E-state index contributed by atoms with van der Waals surface area (Å²) in [6, 6.07) is 8.67. The number of hydrogen-bond donors (Lipinski definition) is 2. The van der Waals surface area contributed by atoms with Gasteiger partial charge in [-0.05, 0) is 31.2 Å². The van der Waals surface area contributed by atoms with Crippen molar-refractivity contribution in [3.63, 3.8) is 0 Å². The first-order valence-electron chi connectivity index (χ1n) is 7.06. The van der Waals surface area contributed by atoms with Crippen LogP contribution in [0.2, 0.25) is 0 Å². The van der Waals surface area contributed by atoms with Gasteiger partial charge < -0.3 is 15.2 Å². The second-order valence-electron chi connectivity index (χ2n) is 5.51. The molecule has 0 unspecified atom stereocenters. The Balaban J connectivity index is 1.75. The molecule has 0 aromatic heterocycles. The average Bonchev–Trinajstić information content (AvgIpc) is 2.48. The van der Waals surface area contributed by atoms with E-state index in [-0.39, 0.29) is 19.4 Å². The van der Waals surface area contributed by atoms with Crippen LogP contribution >= 0.6 is 0 Å². The summed E-state index contributed by atoms with van der Waals surface area (Å²) in [4.78, 5) is 11.6. The second kappa shape index (κ2) is 6.56. The molecule has 1 aliphatic rings. The number of benzene rings is 1. The summed E-state index contributed by atoms with van der Waals surface area (Å²) in [6.45, 7) is 0.103. The molecule has 0 saturated heterocycles. The number of halogens is 3. The van der Waals surface area contributed by atoms with Crippen LogP contribution in [-0.2, 0) is 11.3 Å². The van der Waals surface area contributed by atoms with E-state index in [1.807, 2.05) is 18.2 Å². The van der Waals surface area contributed by atoms with Gasteiger partial charge in [-0.1, -0.05) is 30.3 Å². The Bertz CT molecular complexity index is 497. The molecule has 0 heterocycles. The molecule has 2 N–H and O–H groups in total. The lowest BCUT2D eigenvalue weighted by atomic mass is 9.82. The number of carbonyl (C=O) groups excluding carboxylic acids is 1. The standard InChI is InChI=1S/C15H18F3NO3/c16-15(17,18)14(21)8-6-12(7-9-14)19-13(20)22-10-11-4-2-1-3-5-11/h1-5,12,21H,6-10H2,(H,19,20). The summed E-state index contributed by atoms with van der Waals surface area (Å²) in [7, 11) is 0. The van der Waals surface area contributed by atoms with Gasteiger partial charge in [0.25, 0.3) is 0 Å². The molecule has 1 amide bonds. The predicted octanol–water partition coefficient (Wildman–Crippen LogP) is 3.15. The van der Waals surface area contributed by atoms with E-state index in [1.54, 1.807) is 12.1 Å². The largest absolute Gasteiger partial charge is 0.445 e. The zero-order valence-corrected chi connectivity index (χ0v) is 11.9. The third-order valence-corrected chi connectivity index (χ3v) is 3.88. The molecule has 0 bridgehead atoms. The van der Waals surface area contributed by atoms with E-state index >= 15 is 0 Å². The normalized spacial score (nSPS) is 25.5. The highest BCUT2D eigenvalue weighted by atomic mass is 19.4. The van der Waals surface area contributed by atoms with E-state index in [4.69, 9.17) is 4.74 Å². The zero-order valence-electron chi connectivity index (χ0n) is 11.9. The summed E-state index contributed by atoms with van der Waals surface area (Å²) in [5, 5.41) is 12.1. The van der Waals surface area contributed by atoms with E-state index in [1.165, 1.54) is 0 Å². The molecule has 0 spiro atoms. The Morgan fingerprint density at radius 3 is 2.41 bits per heavy atom. The quantitative estimate of drug-likeness (QED) is 0.900. The number of hydrogen-bond acceptors (Lipinski definition) is 3. The first-order valence-corrected chi connectivity index (χ1v) is 7.06. The Hall–Kier alpha value is -1.76. The fourth-order valence-corrected chi connectivity index (χ4v) is 2.45. The van der Waals surface area contributed by atoms with Gasteiger partial charge in [-0.15, -0.1) is 0 Å². The van der Waals surface area contributed by atoms with E-state index in [2.05, 4.69) is 5.32 Å². The van der Waals surface area contributed by atoms with Crippen molar-refractivity contribution in [2.75, 3.05) is 0 Å². The lowest BCUT2D eigenvalue weighted by Crippen LogP contribution is -2.51. The van der Waals surface area contributed by atoms with Crippen LogP contribution in [0.5, 0.6) is 0 Å². The van der Waals surface area contributed by atoms with Gasteiger partial charge in [-0.3, -0.25) is 0 Å². The van der Waals surface area contributed by atoms with Crippen LogP contribution in [0.4, 0.5) is 18.0 Å². The molecule has 1 saturated carbocycles. The third kappa shape index (κ3) is 4.13. The smallest absolute Gasteiger partial charge is 0.417 e. The van der Waals surface area contributed by atoms with Crippen molar-refractivity contribution in [3.8, 4) is 0 Å². The lowest BCUT2D eigenvalue weighted by molar-refractivity contribution is -0.270. The Kier molecular flexibility index (Phi) is 4.95. The number of alkyl halides is 3. The van der Waals surface area contributed by atoms with Gasteiger partial charge >= 0.3 is 12.3 Å². The summed E-state index contributed by atoms with van der Waals surface area (Å²) in [5.41, 5.74) is -1.81. The molecule has 1 fully saturated rings. The molecular formula is C15H18F3NO3. The van der Waals surface area contributed by atoms with E-state index in [9.17, 15) is 23.1 Å². The number of rotatable bonds is 3. The van der Waals surface area contributed by atoms with E-state index < -0.39 is 36.8 Å². The minimum absolute atomic E-state index is 0.0659. The number of nitrogens with one attached hydrogen (secondary N) is 1. The number of ether oxygens (including phenoxy) is 1. The third-order valence-electron chi connectivity index (χ3n) is 3.88. The van der Waals surface area contributed by atoms with Crippen LogP contribution in [0, 0.1) is 0 Å². The topological polar surface area (TPSA) is 58.6 Å². The molecule has 0 atom stereocenters.